The van der Waals surface area contributed by atoms with Crippen LogP contribution in [0.2, 0.25) is 0 Å². The smallest absolute Gasteiger partial charge is 0.433 e. The van der Waals surface area contributed by atoms with Crippen LogP contribution in [0.5, 0.6) is 5.75 Å². The van der Waals surface area contributed by atoms with Crippen molar-refractivity contribution < 1.29 is 27.8 Å². The van der Waals surface area contributed by atoms with E-state index in [2.05, 4.69) is 4.98 Å². The van der Waals surface area contributed by atoms with E-state index in [0.29, 0.717) is 31.6 Å². The standard InChI is InChI=1S/C17H18F3N3O3/c1-26-13-4-3-12(23-8-6-22(7-9-23)10-15(24)25)11-2-5-14(17(18,19)20)21-16(11)13/h2-5H,6-10H2,1H3,(H,24,25). The predicted molar refractivity (Wildman–Crippen MR) is 89.6 cm³/mol. The lowest BCUT2D eigenvalue weighted by atomic mass is 10.1. The summed E-state index contributed by atoms with van der Waals surface area (Å²) in [5, 5.41) is 9.44. The highest BCUT2D eigenvalue weighted by Crippen LogP contribution is 2.36. The van der Waals surface area contributed by atoms with E-state index in [4.69, 9.17) is 9.84 Å². The van der Waals surface area contributed by atoms with Crippen LogP contribution in [-0.4, -0.2) is 60.8 Å². The van der Waals surface area contributed by atoms with Crippen LogP contribution in [0.1, 0.15) is 5.69 Å². The highest BCUT2D eigenvalue weighted by atomic mass is 19.4. The molecule has 2 heterocycles. The van der Waals surface area contributed by atoms with Crippen molar-refractivity contribution in [2.45, 2.75) is 6.18 Å². The van der Waals surface area contributed by atoms with Crippen LogP contribution in [0.25, 0.3) is 10.9 Å². The lowest BCUT2D eigenvalue weighted by molar-refractivity contribution is -0.141. The molecule has 3 rings (SSSR count). The fourth-order valence-corrected chi connectivity index (χ4v) is 3.11. The fourth-order valence-electron chi connectivity index (χ4n) is 3.11. The fraction of sp³-hybridized carbons (Fsp3) is 0.412. The first-order valence-electron chi connectivity index (χ1n) is 8.03. The minimum Gasteiger partial charge on any atom is -0.494 e. The quantitative estimate of drug-likeness (QED) is 0.893. The van der Waals surface area contributed by atoms with Gasteiger partial charge in [-0.1, -0.05) is 0 Å². The number of pyridine rings is 1. The van der Waals surface area contributed by atoms with Gasteiger partial charge in [0.25, 0.3) is 0 Å². The van der Waals surface area contributed by atoms with E-state index in [1.807, 2.05) is 9.80 Å². The normalized spacial score (nSPS) is 16.1. The van der Waals surface area contributed by atoms with Gasteiger partial charge in [-0.3, -0.25) is 9.69 Å². The van der Waals surface area contributed by atoms with Gasteiger partial charge in [0.15, 0.2) is 0 Å². The molecule has 1 aliphatic rings. The molecular weight excluding hydrogens is 351 g/mol. The Labute approximate surface area is 147 Å². The van der Waals surface area contributed by atoms with Crippen LogP contribution in [-0.2, 0) is 11.0 Å². The Morgan fingerprint density at radius 1 is 1.19 bits per heavy atom. The monoisotopic (exact) mass is 369 g/mol. The molecule has 1 aliphatic heterocycles. The molecule has 0 atom stereocenters. The van der Waals surface area contributed by atoms with Crippen molar-refractivity contribution in [1.29, 1.82) is 0 Å². The van der Waals surface area contributed by atoms with E-state index in [1.165, 1.54) is 13.2 Å². The molecule has 6 nitrogen and oxygen atoms in total. The number of nitrogens with zero attached hydrogens (tertiary/aromatic N) is 3. The van der Waals surface area contributed by atoms with Crippen molar-refractivity contribution in [3.63, 3.8) is 0 Å². The Morgan fingerprint density at radius 3 is 2.46 bits per heavy atom. The summed E-state index contributed by atoms with van der Waals surface area (Å²) in [5.74, 6) is -0.600. The van der Waals surface area contributed by atoms with E-state index >= 15 is 0 Å². The van der Waals surface area contributed by atoms with Gasteiger partial charge in [-0.2, -0.15) is 13.2 Å². The number of fused-ring (bicyclic) bond motifs is 1. The SMILES string of the molecule is COc1ccc(N2CCN(CC(=O)O)CC2)c2ccc(C(F)(F)F)nc12. The number of halogens is 3. The summed E-state index contributed by atoms with van der Waals surface area (Å²) in [6.45, 7) is 2.26. The number of rotatable bonds is 4. The number of carboxylic acids is 1. The Kier molecular flexibility index (Phi) is 4.90. The number of ether oxygens (including phenoxy) is 1. The van der Waals surface area contributed by atoms with Crippen molar-refractivity contribution in [2.24, 2.45) is 0 Å². The summed E-state index contributed by atoms with van der Waals surface area (Å²) >= 11 is 0. The second-order valence-electron chi connectivity index (χ2n) is 6.03. The van der Waals surface area contributed by atoms with Gasteiger partial charge in [-0.15, -0.1) is 0 Å². The number of hydrogen-bond acceptors (Lipinski definition) is 5. The van der Waals surface area contributed by atoms with Gasteiger partial charge in [0, 0.05) is 37.3 Å². The molecular formula is C17H18F3N3O3. The van der Waals surface area contributed by atoms with Gasteiger partial charge in [0.2, 0.25) is 0 Å². The molecule has 0 radical (unpaired) electrons. The minimum atomic E-state index is -4.53. The first-order chi connectivity index (χ1) is 12.3. The van der Waals surface area contributed by atoms with Crippen LogP contribution in [0.3, 0.4) is 0 Å². The Hall–Kier alpha value is -2.55. The van der Waals surface area contributed by atoms with Crippen LogP contribution in [0, 0.1) is 0 Å². The minimum absolute atomic E-state index is 0.0201. The summed E-state index contributed by atoms with van der Waals surface area (Å²) in [6.07, 6.45) is -4.53. The number of aliphatic carboxylic acids is 1. The Bertz CT molecular complexity index is 818. The molecule has 1 aromatic heterocycles. The topological polar surface area (TPSA) is 65.9 Å². The highest BCUT2D eigenvalue weighted by molar-refractivity contribution is 5.96. The molecule has 0 aliphatic carbocycles. The molecule has 26 heavy (non-hydrogen) atoms. The number of benzene rings is 1. The van der Waals surface area contributed by atoms with Crippen molar-refractivity contribution in [2.75, 3.05) is 44.7 Å². The summed E-state index contributed by atoms with van der Waals surface area (Å²) in [4.78, 5) is 18.4. The number of carbonyl (C=O) groups is 1. The third kappa shape index (κ3) is 3.67. The zero-order valence-corrected chi connectivity index (χ0v) is 14.1. The lowest BCUT2D eigenvalue weighted by Crippen LogP contribution is -2.48. The number of hydrogen-bond donors (Lipinski definition) is 1. The van der Waals surface area contributed by atoms with Crippen molar-refractivity contribution in [3.8, 4) is 5.75 Å². The number of anilines is 1. The van der Waals surface area contributed by atoms with Gasteiger partial charge in [0.05, 0.1) is 13.7 Å². The van der Waals surface area contributed by atoms with E-state index in [-0.39, 0.29) is 17.8 Å². The van der Waals surface area contributed by atoms with Gasteiger partial charge in [0.1, 0.15) is 17.0 Å². The summed E-state index contributed by atoms with van der Waals surface area (Å²) < 4.78 is 44.1. The van der Waals surface area contributed by atoms with E-state index in [1.54, 1.807) is 12.1 Å². The van der Waals surface area contributed by atoms with Crippen LogP contribution in [0.15, 0.2) is 24.3 Å². The average Bonchev–Trinajstić information content (AvgIpc) is 2.60. The Morgan fingerprint density at radius 2 is 1.88 bits per heavy atom. The number of aromatic nitrogens is 1. The number of methoxy groups -OCH3 is 1. The molecule has 140 valence electrons. The van der Waals surface area contributed by atoms with Crippen LogP contribution < -0.4 is 9.64 Å². The zero-order chi connectivity index (χ0) is 18.9. The van der Waals surface area contributed by atoms with Crippen LogP contribution in [0.4, 0.5) is 18.9 Å². The molecule has 1 aromatic carbocycles. The summed E-state index contributed by atoms with van der Waals surface area (Å²) in [7, 11) is 1.39. The molecule has 9 heteroatoms. The van der Waals surface area contributed by atoms with E-state index < -0.39 is 17.8 Å². The van der Waals surface area contributed by atoms with Gasteiger partial charge in [-0.05, 0) is 24.3 Å². The maximum absolute atomic E-state index is 13.0. The summed E-state index contributed by atoms with van der Waals surface area (Å²) in [6, 6.07) is 5.77. The second kappa shape index (κ2) is 6.99. The molecule has 0 saturated carbocycles. The van der Waals surface area contributed by atoms with Crippen LogP contribution >= 0.6 is 0 Å². The van der Waals surface area contributed by atoms with Gasteiger partial charge >= 0.3 is 12.1 Å². The average molecular weight is 369 g/mol. The molecule has 1 saturated heterocycles. The maximum Gasteiger partial charge on any atom is 0.433 e. The molecule has 2 aromatic rings. The first-order valence-corrected chi connectivity index (χ1v) is 8.03. The number of piperazine rings is 1. The maximum atomic E-state index is 13.0. The molecule has 0 unspecified atom stereocenters. The van der Waals surface area contributed by atoms with Gasteiger partial charge in [-0.25, -0.2) is 4.98 Å². The third-order valence-corrected chi connectivity index (χ3v) is 4.38. The van der Waals surface area contributed by atoms with E-state index in [9.17, 15) is 18.0 Å². The van der Waals surface area contributed by atoms with Gasteiger partial charge < -0.3 is 14.7 Å². The molecule has 1 N–H and O–H groups in total. The first kappa shape index (κ1) is 18.2. The Balaban J connectivity index is 1.94. The van der Waals surface area contributed by atoms with E-state index in [0.717, 1.165) is 11.8 Å². The number of alkyl halides is 3. The predicted octanol–water partition coefficient (Wildman–Crippen LogP) is 2.47. The van der Waals surface area contributed by atoms with Crippen molar-refractivity contribution in [3.05, 3.63) is 30.0 Å². The molecule has 0 spiro atoms. The molecule has 0 amide bonds. The van der Waals surface area contributed by atoms with Crippen molar-refractivity contribution in [1.82, 2.24) is 9.88 Å². The largest absolute Gasteiger partial charge is 0.494 e. The summed E-state index contributed by atoms with van der Waals surface area (Å²) in [5.41, 5.74) is -0.0449. The second-order valence-corrected chi connectivity index (χ2v) is 6.03. The van der Waals surface area contributed by atoms with Crippen molar-refractivity contribution >= 4 is 22.6 Å². The third-order valence-electron chi connectivity index (χ3n) is 4.38. The molecule has 1 fully saturated rings. The lowest BCUT2D eigenvalue weighted by Gasteiger charge is -2.36. The zero-order valence-electron chi connectivity index (χ0n) is 14.1. The number of carboxylic acid groups (broad SMARTS) is 1. The molecule has 0 bridgehead atoms. The highest BCUT2D eigenvalue weighted by Gasteiger charge is 2.33.